The van der Waals surface area contributed by atoms with Gasteiger partial charge in [0.25, 0.3) is 0 Å². The molecule has 1 saturated heterocycles. The van der Waals surface area contributed by atoms with E-state index in [9.17, 15) is 22.0 Å². The third-order valence-electron chi connectivity index (χ3n) is 2.79. The summed E-state index contributed by atoms with van der Waals surface area (Å²) in [6.07, 6.45) is 0.262. The molecule has 0 saturated carbocycles. The number of carbonyl (C=O) groups excluding carboxylic acids is 1. The molecule has 0 aliphatic carbocycles. The van der Waals surface area contributed by atoms with Crippen LogP contribution >= 0.6 is 0 Å². The normalized spacial score (nSPS) is 21.8. The van der Waals surface area contributed by atoms with E-state index in [0.717, 1.165) is 12.1 Å². The van der Waals surface area contributed by atoms with E-state index in [1.165, 1.54) is 6.07 Å². The van der Waals surface area contributed by atoms with Crippen LogP contribution < -0.4 is 5.32 Å². The Morgan fingerprint density at radius 3 is 2.56 bits per heavy atom. The summed E-state index contributed by atoms with van der Waals surface area (Å²) in [5.41, 5.74) is 0.114. The second-order valence-electron chi connectivity index (χ2n) is 4.22. The summed E-state index contributed by atoms with van der Waals surface area (Å²) in [5.74, 6) is -3.38. The maximum Gasteiger partial charge on any atom is 0.228 e. The molecule has 4 nitrogen and oxygen atoms in total. The zero-order valence-electron chi connectivity index (χ0n) is 9.32. The fraction of sp³-hybridized carbons (Fsp3) is 0.364. The molecule has 7 heteroatoms. The molecule has 2 rings (SSSR count). The molecule has 1 aliphatic rings. The highest BCUT2D eigenvalue weighted by atomic mass is 32.2. The molecule has 1 aliphatic heterocycles. The Labute approximate surface area is 103 Å². The number of anilines is 1. The first-order valence-corrected chi connectivity index (χ1v) is 7.16. The average Bonchev–Trinajstić information content (AvgIpc) is 2.64. The summed E-state index contributed by atoms with van der Waals surface area (Å²) >= 11 is 0. The Balaban J connectivity index is 2.06. The third kappa shape index (κ3) is 2.84. The van der Waals surface area contributed by atoms with Crippen molar-refractivity contribution in [3.8, 4) is 0 Å². The number of hydrogen-bond acceptors (Lipinski definition) is 3. The topological polar surface area (TPSA) is 63.2 Å². The van der Waals surface area contributed by atoms with Crippen molar-refractivity contribution in [1.29, 1.82) is 0 Å². The molecule has 1 amide bonds. The van der Waals surface area contributed by atoms with Gasteiger partial charge in [0.1, 0.15) is 0 Å². The molecular formula is C11H11F2NO3S. The van der Waals surface area contributed by atoms with Gasteiger partial charge in [-0.15, -0.1) is 0 Å². The van der Waals surface area contributed by atoms with E-state index in [0.29, 0.717) is 0 Å². The van der Waals surface area contributed by atoms with E-state index >= 15 is 0 Å². The van der Waals surface area contributed by atoms with Crippen LogP contribution in [0, 0.1) is 17.6 Å². The number of halogens is 2. The molecule has 1 aromatic rings. The van der Waals surface area contributed by atoms with Crippen LogP contribution in [0.4, 0.5) is 14.5 Å². The number of carbonyl (C=O) groups is 1. The van der Waals surface area contributed by atoms with E-state index in [1.54, 1.807) is 0 Å². The van der Waals surface area contributed by atoms with Crippen LogP contribution in [-0.4, -0.2) is 25.8 Å². The van der Waals surface area contributed by atoms with Crippen molar-refractivity contribution >= 4 is 21.4 Å². The van der Waals surface area contributed by atoms with Gasteiger partial charge in [-0.1, -0.05) is 0 Å². The molecule has 1 unspecified atom stereocenters. The zero-order valence-corrected chi connectivity index (χ0v) is 10.1. The van der Waals surface area contributed by atoms with Gasteiger partial charge in [-0.3, -0.25) is 4.79 Å². The highest BCUT2D eigenvalue weighted by Crippen LogP contribution is 2.21. The summed E-state index contributed by atoms with van der Waals surface area (Å²) in [6.45, 7) is 0. The molecule has 1 N–H and O–H groups in total. The van der Waals surface area contributed by atoms with Gasteiger partial charge in [-0.2, -0.15) is 0 Å². The van der Waals surface area contributed by atoms with Crippen LogP contribution in [-0.2, 0) is 14.6 Å². The van der Waals surface area contributed by atoms with E-state index in [4.69, 9.17) is 0 Å². The first-order valence-electron chi connectivity index (χ1n) is 5.34. The van der Waals surface area contributed by atoms with Crippen LogP contribution in [0.3, 0.4) is 0 Å². The fourth-order valence-corrected chi connectivity index (χ4v) is 3.56. The predicted molar refractivity (Wildman–Crippen MR) is 61.7 cm³/mol. The lowest BCUT2D eigenvalue weighted by molar-refractivity contribution is -0.119. The molecule has 18 heavy (non-hydrogen) atoms. The average molecular weight is 275 g/mol. The summed E-state index contributed by atoms with van der Waals surface area (Å²) < 4.78 is 48.0. The van der Waals surface area contributed by atoms with Crippen LogP contribution in [0.5, 0.6) is 0 Å². The highest BCUT2D eigenvalue weighted by Gasteiger charge is 2.32. The standard InChI is InChI=1S/C11H11F2NO3S/c12-9-2-1-8(5-10(9)13)14-11(15)7-3-4-18(16,17)6-7/h1-2,5,7H,3-4,6H2,(H,14,15). The smallest absolute Gasteiger partial charge is 0.228 e. The predicted octanol–water partition coefficient (Wildman–Crippen LogP) is 1.34. The minimum absolute atomic E-state index is 0.0110. The molecule has 98 valence electrons. The zero-order chi connectivity index (χ0) is 13.3. The van der Waals surface area contributed by atoms with E-state index in [2.05, 4.69) is 5.32 Å². The quantitative estimate of drug-likeness (QED) is 0.886. The lowest BCUT2D eigenvalue weighted by Crippen LogP contribution is -2.23. The van der Waals surface area contributed by atoms with Gasteiger partial charge in [-0.25, -0.2) is 17.2 Å². The number of sulfone groups is 1. The van der Waals surface area contributed by atoms with Gasteiger partial charge in [0.2, 0.25) is 5.91 Å². The number of benzene rings is 1. The monoisotopic (exact) mass is 275 g/mol. The van der Waals surface area contributed by atoms with Gasteiger partial charge < -0.3 is 5.32 Å². The lowest BCUT2D eigenvalue weighted by atomic mass is 10.1. The van der Waals surface area contributed by atoms with Crippen LogP contribution in [0.15, 0.2) is 18.2 Å². The molecule has 0 bridgehead atoms. The Morgan fingerprint density at radius 1 is 1.28 bits per heavy atom. The van der Waals surface area contributed by atoms with Crippen LogP contribution in [0.2, 0.25) is 0 Å². The first-order chi connectivity index (χ1) is 8.37. The second kappa shape index (κ2) is 4.64. The maximum absolute atomic E-state index is 12.9. The van der Waals surface area contributed by atoms with Crippen LogP contribution in [0.25, 0.3) is 0 Å². The van der Waals surface area contributed by atoms with Crippen molar-refractivity contribution in [1.82, 2.24) is 0 Å². The molecule has 1 atom stereocenters. The Morgan fingerprint density at radius 2 is 2.00 bits per heavy atom. The highest BCUT2D eigenvalue weighted by molar-refractivity contribution is 7.91. The molecule has 0 radical (unpaired) electrons. The summed E-state index contributed by atoms with van der Waals surface area (Å²) in [5, 5.41) is 2.38. The number of nitrogens with one attached hydrogen (secondary N) is 1. The fourth-order valence-electron chi connectivity index (χ4n) is 1.82. The number of amides is 1. The minimum atomic E-state index is -3.14. The van der Waals surface area contributed by atoms with E-state index in [-0.39, 0.29) is 23.6 Å². The van der Waals surface area contributed by atoms with Gasteiger partial charge in [-0.05, 0) is 18.6 Å². The molecule has 1 fully saturated rings. The molecule has 1 aromatic carbocycles. The Kier molecular flexibility index (Phi) is 3.34. The minimum Gasteiger partial charge on any atom is -0.326 e. The van der Waals surface area contributed by atoms with Crippen molar-refractivity contribution < 1.29 is 22.0 Å². The van der Waals surface area contributed by atoms with Crippen molar-refractivity contribution in [2.24, 2.45) is 5.92 Å². The lowest BCUT2D eigenvalue weighted by Gasteiger charge is -2.09. The number of hydrogen-bond donors (Lipinski definition) is 1. The van der Waals surface area contributed by atoms with E-state index < -0.39 is 33.3 Å². The summed E-state index contributed by atoms with van der Waals surface area (Å²) in [4.78, 5) is 11.7. The van der Waals surface area contributed by atoms with Gasteiger partial charge in [0, 0.05) is 11.8 Å². The van der Waals surface area contributed by atoms with Crippen molar-refractivity contribution in [2.45, 2.75) is 6.42 Å². The molecule has 0 spiro atoms. The molecule has 1 heterocycles. The van der Waals surface area contributed by atoms with Crippen LogP contribution in [0.1, 0.15) is 6.42 Å². The molecule has 0 aromatic heterocycles. The summed E-state index contributed by atoms with van der Waals surface area (Å²) in [6, 6.07) is 2.98. The van der Waals surface area contributed by atoms with Gasteiger partial charge in [0.15, 0.2) is 21.5 Å². The van der Waals surface area contributed by atoms with Crippen molar-refractivity contribution in [3.05, 3.63) is 29.8 Å². The SMILES string of the molecule is O=C(Nc1ccc(F)c(F)c1)C1CCS(=O)(=O)C1. The van der Waals surface area contributed by atoms with Crippen molar-refractivity contribution in [2.75, 3.05) is 16.8 Å². The Bertz CT molecular complexity index is 586. The van der Waals surface area contributed by atoms with Gasteiger partial charge in [0.05, 0.1) is 17.4 Å². The van der Waals surface area contributed by atoms with Gasteiger partial charge >= 0.3 is 0 Å². The van der Waals surface area contributed by atoms with Crippen molar-refractivity contribution in [3.63, 3.8) is 0 Å². The van der Waals surface area contributed by atoms with E-state index in [1.807, 2.05) is 0 Å². The third-order valence-corrected chi connectivity index (χ3v) is 4.56. The molecular weight excluding hydrogens is 264 g/mol. The second-order valence-corrected chi connectivity index (χ2v) is 6.45. The number of rotatable bonds is 2. The first kappa shape index (κ1) is 12.9. The Hall–Kier alpha value is -1.50. The maximum atomic E-state index is 12.9. The summed E-state index contributed by atoms with van der Waals surface area (Å²) in [7, 11) is -3.14. The largest absolute Gasteiger partial charge is 0.326 e.